The van der Waals surface area contributed by atoms with Crippen LogP contribution in [0.3, 0.4) is 0 Å². The van der Waals surface area contributed by atoms with Crippen LogP contribution in [0.4, 0.5) is 0 Å². The van der Waals surface area contributed by atoms with Crippen LogP contribution in [0, 0.1) is 0 Å². The summed E-state index contributed by atoms with van der Waals surface area (Å²) in [5, 5.41) is 3.24. The van der Waals surface area contributed by atoms with E-state index >= 15 is 0 Å². The zero-order valence-corrected chi connectivity index (χ0v) is 6.01. The Morgan fingerprint density at radius 2 is 1.45 bits per heavy atom. The number of oxime groups is 1. The van der Waals surface area contributed by atoms with Crippen molar-refractivity contribution in [3.05, 3.63) is 36.4 Å². The van der Waals surface area contributed by atoms with Crippen molar-refractivity contribution in [1.82, 2.24) is 0 Å². The number of hydrogen-bond donors (Lipinski definition) is 0. The average Bonchev–Trinajstić information content (AvgIpc) is 2.64. The minimum Gasteiger partial charge on any atom is -0.441 e. The maximum Gasteiger partial charge on any atom is 0.257 e. The van der Waals surface area contributed by atoms with Gasteiger partial charge < -0.3 is 9.57 Å². The molecule has 11 heavy (non-hydrogen) atoms. The van der Waals surface area contributed by atoms with Gasteiger partial charge in [0.05, 0.1) is 0 Å². The summed E-state index contributed by atoms with van der Waals surface area (Å²) in [7, 11) is 0. The Labute approximate surface area is 65.2 Å². The molecule has 2 rings (SSSR count). The van der Waals surface area contributed by atoms with Crippen molar-refractivity contribution in [1.29, 1.82) is 0 Å². The molecule has 0 radical (unpaired) electrons. The molecule has 3 heteroatoms. The zero-order chi connectivity index (χ0) is 7.78. The highest BCUT2D eigenvalue weighted by Gasteiger charge is 1.84. The summed E-state index contributed by atoms with van der Waals surface area (Å²) in [6, 6.07) is 12.0. The van der Waals surface area contributed by atoms with Gasteiger partial charge in [0, 0.05) is 0 Å². The van der Waals surface area contributed by atoms with Gasteiger partial charge >= 0.3 is 0 Å². The lowest BCUT2D eigenvalue weighted by Crippen LogP contribution is -1.77. The number of benzene rings is 1. The van der Waals surface area contributed by atoms with E-state index in [1.807, 2.05) is 36.4 Å². The Hall–Kier alpha value is -1.51. The van der Waals surface area contributed by atoms with Gasteiger partial charge in [0.25, 0.3) is 6.79 Å². The molecule has 1 aromatic rings. The van der Waals surface area contributed by atoms with E-state index in [1.165, 1.54) is 6.40 Å². The third-order valence-corrected chi connectivity index (χ3v) is 0.980. The quantitative estimate of drug-likeness (QED) is 0.564. The first-order chi connectivity index (χ1) is 5.50. The maximum absolute atomic E-state index is 4.43. The first-order valence-corrected chi connectivity index (χ1v) is 3.25. The summed E-state index contributed by atoms with van der Waals surface area (Å²) in [5.41, 5.74) is 0. The molecule has 1 aliphatic rings. The van der Waals surface area contributed by atoms with E-state index in [-0.39, 0.29) is 6.79 Å². The molecular formula is C8H9NO2. The van der Waals surface area contributed by atoms with Gasteiger partial charge in [0.15, 0.2) is 0 Å². The van der Waals surface area contributed by atoms with Gasteiger partial charge in [-0.3, -0.25) is 0 Å². The van der Waals surface area contributed by atoms with E-state index < -0.39 is 0 Å². The van der Waals surface area contributed by atoms with Crippen LogP contribution < -0.4 is 0 Å². The number of nitrogens with zero attached hydrogens (tertiary/aromatic N) is 1. The highest BCUT2D eigenvalue weighted by atomic mass is 16.8. The molecule has 1 heterocycles. The van der Waals surface area contributed by atoms with Crippen LogP contribution in [0.15, 0.2) is 41.6 Å². The molecule has 58 valence electrons. The molecule has 3 nitrogen and oxygen atoms in total. The second-order valence-corrected chi connectivity index (χ2v) is 1.78. The highest BCUT2D eigenvalue weighted by molar-refractivity contribution is 5.45. The first-order valence-electron chi connectivity index (χ1n) is 3.25. The molecule has 0 unspecified atom stereocenters. The molecule has 0 saturated carbocycles. The normalized spacial score (nSPS) is 12.4. The molecule has 0 amide bonds. The van der Waals surface area contributed by atoms with Crippen molar-refractivity contribution in [2.45, 2.75) is 0 Å². The van der Waals surface area contributed by atoms with Crippen LogP contribution in [0.2, 0.25) is 0 Å². The minimum atomic E-state index is 0.278. The van der Waals surface area contributed by atoms with Gasteiger partial charge in [-0.1, -0.05) is 41.6 Å². The van der Waals surface area contributed by atoms with Crippen molar-refractivity contribution >= 4 is 6.40 Å². The van der Waals surface area contributed by atoms with Crippen molar-refractivity contribution in [3.8, 4) is 0 Å². The Morgan fingerprint density at radius 1 is 0.909 bits per heavy atom. The molecule has 0 aliphatic carbocycles. The van der Waals surface area contributed by atoms with Gasteiger partial charge in [-0.25, -0.2) is 0 Å². The Kier molecular flexibility index (Phi) is 3.65. The molecule has 0 spiro atoms. The fourth-order valence-corrected chi connectivity index (χ4v) is 0.537. The molecule has 0 aromatic heterocycles. The van der Waals surface area contributed by atoms with E-state index in [0.29, 0.717) is 0 Å². The fraction of sp³-hybridized carbons (Fsp3) is 0.125. The highest BCUT2D eigenvalue weighted by Crippen LogP contribution is 1.82. The van der Waals surface area contributed by atoms with Crippen molar-refractivity contribution in [2.24, 2.45) is 5.16 Å². The fourth-order valence-electron chi connectivity index (χ4n) is 0.537. The first kappa shape index (κ1) is 7.60. The van der Waals surface area contributed by atoms with Crippen LogP contribution in [0.25, 0.3) is 0 Å². The lowest BCUT2D eigenvalue weighted by Gasteiger charge is -1.77. The molecule has 0 bridgehead atoms. The largest absolute Gasteiger partial charge is 0.441 e. The predicted octanol–water partition coefficient (Wildman–Crippen LogP) is 1.62. The Balaban J connectivity index is 0.000000112. The second-order valence-electron chi connectivity index (χ2n) is 1.78. The van der Waals surface area contributed by atoms with Crippen LogP contribution in [0.1, 0.15) is 0 Å². The SMILES string of the molecule is C1=NOCO1.c1ccccc1. The van der Waals surface area contributed by atoms with Crippen LogP contribution in [-0.4, -0.2) is 13.2 Å². The van der Waals surface area contributed by atoms with E-state index in [2.05, 4.69) is 14.7 Å². The third-order valence-electron chi connectivity index (χ3n) is 0.980. The number of ether oxygens (including phenoxy) is 1. The summed E-state index contributed by atoms with van der Waals surface area (Å²) in [6.07, 6.45) is 1.26. The van der Waals surface area contributed by atoms with E-state index in [4.69, 9.17) is 0 Å². The summed E-state index contributed by atoms with van der Waals surface area (Å²) in [5.74, 6) is 0. The standard InChI is InChI=1S/C6H6.C2H3NO2/c1-2-4-6-5-3-1;1-3-5-2-4-1/h1-6H;1H,2H2. The Morgan fingerprint density at radius 3 is 1.64 bits per heavy atom. The molecule has 0 atom stereocenters. The Bertz CT molecular complexity index is 166. The zero-order valence-electron chi connectivity index (χ0n) is 6.01. The second kappa shape index (κ2) is 5.29. The molecule has 0 N–H and O–H groups in total. The van der Waals surface area contributed by atoms with Gasteiger partial charge in [-0.05, 0) is 0 Å². The molecule has 0 fully saturated rings. The summed E-state index contributed by atoms with van der Waals surface area (Å²) in [6.45, 7) is 0.278. The van der Waals surface area contributed by atoms with E-state index in [0.717, 1.165) is 0 Å². The van der Waals surface area contributed by atoms with Gasteiger partial charge in [-0.15, -0.1) is 0 Å². The van der Waals surface area contributed by atoms with Crippen molar-refractivity contribution in [2.75, 3.05) is 6.79 Å². The third kappa shape index (κ3) is 3.97. The lowest BCUT2D eigenvalue weighted by molar-refractivity contribution is 0.0595. The average molecular weight is 151 g/mol. The maximum atomic E-state index is 4.43. The smallest absolute Gasteiger partial charge is 0.257 e. The van der Waals surface area contributed by atoms with E-state index in [9.17, 15) is 0 Å². The van der Waals surface area contributed by atoms with Crippen molar-refractivity contribution in [3.63, 3.8) is 0 Å². The van der Waals surface area contributed by atoms with E-state index in [1.54, 1.807) is 0 Å². The molecule has 1 aliphatic heterocycles. The molecule has 0 saturated heterocycles. The minimum absolute atomic E-state index is 0.278. The summed E-state index contributed by atoms with van der Waals surface area (Å²) >= 11 is 0. The summed E-state index contributed by atoms with van der Waals surface area (Å²) < 4.78 is 4.43. The monoisotopic (exact) mass is 151 g/mol. The van der Waals surface area contributed by atoms with Gasteiger partial charge in [0.2, 0.25) is 6.40 Å². The van der Waals surface area contributed by atoms with Crippen LogP contribution in [0.5, 0.6) is 0 Å². The van der Waals surface area contributed by atoms with Crippen molar-refractivity contribution < 1.29 is 9.57 Å². The van der Waals surface area contributed by atoms with Gasteiger partial charge in [0.1, 0.15) is 0 Å². The number of hydrogen-bond acceptors (Lipinski definition) is 3. The number of rotatable bonds is 0. The van der Waals surface area contributed by atoms with Crippen LogP contribution in [-0.2, 0) is 9.57 Å². The van der Waals surface area contributed by atoms with Crippen LogP contribution >= 0.6 is 0 Å². The van der Waals surface area contributed by atoms with Gasteiger partial charge in [-0.2, -0.15) is 0 Å². The molecule has 1 aromatic carbocycles. The lowest BCUT2D eigenvalue weighted by atomic mass is 10.4. The topological polar surface area (TPSA) is 30.8 Å². The predicted molar refractivity (Wildman–Crippen MR) is 42.0 cm³/mol. The molecular weight excluding hydrogens is 142 g/mol. The summed E-state index contributed by atoms with van der Waals surface area (Å²) in [4.78, 5) is 4.29.